The molecule has 0 spiro atoms. The Labute approximate surface area is 113 Å². The van der Waals surface area contributed by atoms with Crippen molar-refractivity contribution in [2.75, 3.05) is 18.9 Å². The number of nitrogens with two attached hydrogens (primary N) is 1. The minimum absolute atomic E-state index is 0.0456. The number of hydrogen-bond donors (Lipinski definition) is 3. The van der Waals surface area contributed by atoms with Crippen LogP contribution in [0.1, 0.15) is 24.8 Å². The van der Waals surface area contributed by atoms with Crippen LogP contribution in [-0.2, 0) is 10.0 Å². The standard InChI is InChI=1S/C13H20N2O3S/c1-10-11(14)3-2-4-12(10)19(17,18)15-9-13(5-6-13)7-8-16/h2-4,15-16H,5-9,14H2,1H3. The topological polar surface area (TPSA) is 92.4 Å². The van der Waals surface area contributed by atoms with Gasteiger partial charge in [0.25, 0.3) is 0 Å². The Morgan fingerprint density at radius 1 is 1.42 bits per heavy atom. The van der Waals surface area contributed by atoms with Gasteiger partial charge < -0.3 is 10.8 Å². The molecule has 0 bridgehead atoms. The van der Waals surface area contributed by atoms with Gasteiger partial charge >= 0.3 is 0 Å². The molecule has 1 aromatic carbocycles. The summed E-state index contributed by atoms with van der Waals surface area (Å²) in [4.78, 5) is 0.229. The van der Waals surface area contributed by atoms with Crippen LogP contribution >= 0.6 is 0 Å². The highest BCUT2D eigenvalue weighted by molar-refractivity contribution is 7.89. The molecule has 0 heterocycles. The van der Waals surface area contributed by atoms with Gasteiger partial charge in [0.05, 0.1) is 4.90 Å². The molecule has 5 nitrogen and oxygen atoms in total. The second-order valence-electron chi connectivity index (χ2n) is 5.27. The summed E-state index contributed by atoms with van der Waals surface area (Å²) in [6.07, 6.45) is 2.57. The Hall–Kier alpha value is -1.11. The van der Waals surface area contributed by atoms with Gasteiger partial charge in [-0.05, 0) is 49.3 Å². The maximum Gasteiger partial charge on any atom is 0.240 e. The van der Waals surface area contributed by atoms with E-state index in [0.29, 0.717) is 24.2 Å². The number of sulfonamides is 1. The molecule has 19 heavy (non-hydrogen) atoms. The van der Waals surface area contributed by atoms with Crippen LogP contribution in [0.15, 0.2) is 23.1 Å². The summed E-state index contributed by atoms with van der Waals surface area (Å²) < 4.78 is 27.1. The highest BCUT2D eigenvalue weighted by atomic mass is 32.2. The predicted octanol–water partition coefficient (Wildman–Crippen LogP) is 1.02. The van der Waals surface area contributed by atoms with Gasteiger partial charge in [-0.15, -0.1) is 0 Å². The maximum absolute atomic E-state index is 12.3. The molecule has 0 amide bonds. The Balaban J connectivity index is 2.13. The van der Waals surface area contributed by atoms with Crippen molar-refractivity contribution in [3.8, 4) is 0 Å². The van der Waals surface area contributed by atoms with Crippen LogP contribution in [0.2, 0.25) is 0 Å². The molecule has 4 N–H and O–H groups in total. The quantitative estimate of drug-likeness (QED) is 0.680. The normalized spacial score (nSPS) is 17.4. The average Bonchev–Trinajstić information content (AvgIpc) is 3.11. The van der Waals surface area contributed by atoms with Gasteiger partial charge in [-0.1, -0.05) is 6.07 Å². The summed E-state index contributed by atoms with van der Waals surface area (Å²) in [6.45, 7) is 2.17. The third-order valence-corrected chi connectivity index (χ3v) is 5.40. The molecular weight excluding hydrogens is 264 g/mol. The van der Waals surface area contributed by atoms with Crippen molar-refractivity contribution < 1.29 is 13.5 Å². The van der Waals surface area contributed by atoms with Gasteiger partial charge in [0, 0.05) is 18.8 Å². The first-order valence-corrected chi connectivity index (χ1v) is 7.84. The van der Waals surface area contributed by atoms with E-state index in [4.69, 9.17) is 10.8 Å². The number of nitrogens with one attached hydrogen (secondary N) is 1. The van der Waals surface area contributed by atoms with Gasteiger partial charge in [0.15, 0.2) is 0 Å². The lowest BCUT2D eigenvalue weighted by atomic mass is 10.0. The molecule has 1 aliphatic carbocycles. The first-order chi connectivity index (χ1) is 8.90. The molecule has 0 saturated heterocycles. The lowest BCUT2D eigenvalue weighted by molar-refractivity contribution is 0.249. The molecule has 6 heteroatoms. The summed E-state index contributed by atoms with van der Waals surface area (Å²) in [5.74, 6) is 0. The van der Waals surface area contributed by atoms with Crippen LogP contribution in [0.4, 0.5) is 5.69 Å². The SMILES string of the molecule is Cc1c(N)cccc1S(=O)(=O)NCC1(CCO)CC1. The minimum atomic E-state index is -3.54. The molecule has 0 radical (unpaired) electrons. The summed E-state index contributed by atoms with van der Waals surface area (Å²) in [7, 11) is -3.54. The van der Waals surface area contributed by atoms with Gasteiger partial charge in [-0.2, -0.15) is 0 Å². The van der Waals surface area contributed by atoms with Crippen molar-refractivity contribution in [1.29, 1.82) is 0 Å². The Morgan fingerprint density at radius 3 is 2.68 bits per heavy atom. The highest BCUT2D eigenvalue weighted by Gasteiger charge is 2.42. The number of aliphatic hydroxyl groups excluding tert-OH is 1. The molecule has 0 unspecified atom stereocenters. The van der Waals surface area contributed by atoms with E-state index >= 15 is 0 Å². The Kier molecular flexibility index (Phi) is 3.85. The third-order valence-electron chi connectivity index (χ3n) is 3.85. The van der Waals surface area contributed by atoms with Crippen molar-refractivity contribution in [2.24, 2.45) is 5.41 Å². The van der Waals surface area contributed by atoms with Crippen molar-refractivity contribution in [2.45, 2.75) is 31.1 Å². The van der Waals surface area contributed by atoms with Crippen molar-refractivity contribution in [1.82, 2.24) is 4.72 Å². The van der Waals surface area contributed by atoms with E-state index in [1.807, 2.05) is 0 Å². The molecular formula is C13H20N2O3S. The van der Waals surface area contributed by atoms with E-state index in [0.717, 1.165) is 12.8 Å². The summed E-state index contributed by atoms with van der Waals surface area (Å²) in [6, 6.07) is 4.87. The second kappa shape index (κ2) is 5.11. The molecule has 0 aromatic heterocycles. The zero-order valence-corrected chi connectivity index (χ0v) is 11.8. The zero-order chi connectivity index (χ0) is 14.1. The van der Waals surface area contributed by atoms with Crippen LogP contribution < -0.4 is 10.5 Å². The molecule has 106 valence electrons. The Morgan fingerprint density at radius 2 is 2.11 bits per heavy atom. The van der Waals surface area contributed by atoms with Crippen LogP contribution in [-0.4, -0.2) is 26.7 Å². The van der Waals surface area contributed by atoms with Gasteiger partial charge in [0.1, 0.15) is 0 Å². The first kappa shape index (κ1) is 14.3. The number of rotatable bonds is 6. The fourth-order valence-corrected chi connectivity index (χ4v) is 3.61. The van der Waals surface area contributed by atoms with E-state index in [-0.39, 0.29) is 16.9 Å². The van der Waals surface area contributed by atoms with Gasteiger partial charge in [-0.3, -0.25) is 0 Å². The van der Waals surface area contributed by atoms with E-state index in [9.17, 15) is 8.42 Å². The predicted molar refractivity (Wildman–Crippen MR) is 74.1 cm³/mol. The van der Waals surface area contributed by atoms with E-state index < -0.39 is 10.0 Å². The second-order valence-corrected chi connectivity index (χ2v) is 7.00. The third kappa shape index (κ3) is 3.08. The number of benzene rings is 1. The van der Waals surface area contributed by atoms with Crippen LogP contribution in [0.3, 0.4) is 0 Å². The first-order valence-electron chi connectivity index (χ1n) is 6.36. The molecule has 1 aliphatic rings. The Bertz CT molecular complexity index is 565. The van der Waals surface area contributed by atoms with Crippen LogP contribution in [0, 0.1) is 12.3 Å². The maximum atomic E-state index is 12.3. The minimum Gasteiger partial charge on any atom is -0.398 e. The molecule has 1 aromatic rings. The number of anilines is 1. The average molecular weight is 284 g/mol. The number of hydrogen-bond acceptors (Lipinski definition) is 4. The van der Waals surface area contributed by atoms with Crippen molar-refractivity contribution in [3.63, 3.8) is 0 Å². The fraction of sp³-hybridized carbons (Fsp3) is 0.538. The largest absolute Gasteiger partial charge is 0.398 e. The summed E-state index contributed by atoms with van der Waals surface area (Å²) >= 11 is 0. The smallest absolute Gasteiger partial charge is 0.240 e. The summed E-state index contributed by atoms with van der Waals surface area (Å²) in [5, 5.41) is 8.98. The number of aliphatic hydroxyl groups is 1. The fourth-order valence-electron chi connectivity index (χ4n) is 2.18. The highest BCUT2D eigenvalue weighted by Crippen LogP contribution is 2.48. The monoisotopic (exact) mass is 284 g/mol. The van der Waals surface area contributed by atoms with E-state index in [2.05, 4.69) is 4.72 Å². The van der Waals surface area contributed by atoms with Gasteiger partial charge in [-0.25, -0.2) is 13.1 Å². The van der Waals surface area contributed by atoms with Crippen molar-refractivity contribution in [3.05, 3.63) is 23.8 Å². The van der Waals surface area contributed by atoms with E-state index in [1.165, 1.54) is 0 Å². The van der Waals surface area contributed by atoms with Crippen molar-refractivity contribution >= 4 is 15.7 Å². The van der Waals surface area contributed by atoms with Gasteiger partial charge in [0.2, 0.25) is 10.0 Å². The lowest BCUT2D eigenvalue weighted by Crippen LogP contribution is -2.31. The molecule has 0 aliphatic heterocycles. The zero-order valence-electron chi connectivity index (χ0n) is 11.0. The molecule has 1 fully saturated rings. The number of nitrogen functional groups attached to an aromatic ring is 1. The molecule has 0 atom stereocenters. The molecule has 1 saturated carbocycles. The van der Waals surface area contributed by atoms with Crippen LogP contribution in [0.5, 0.6) is 0 Å². The van der Waals surface area contributed by atoms with E-state index in [1.54, 1.807) is 25.1 Å². The summed E-state index contributed by atoms with van der Waals surface area (Å²) in [5.41, 5.74) is 6.73. The van der Waals surface area contributed by atoms with Crippen LogP contribution in [0.25, 0.3) is 0 Å². The lowest BCUT2D eigenvalue weighted by Gasteiger charge is -2.16. The molecule has 2 rings (SSSR count).